The van der Waals surface area contributed by atoms with Crippen molar-refractivity contribution in [3.05, 3.63) is 0 Å². The Morgan fingerprint density at radius 2 is 0.812 bits per heavy atom. The Hall–Kier alpha value is 0.347. The highest BCUT2D eigenvalue weighted by atomic mass is 35.5. The zero-order valence-corrected chi connectivity index (χ0v) is 24.4. The van der Waals surface area contributed by atoms with Gasteiger partial charge in [0.2, 0.25) is 0 Å². The van der Waals surface area contributed by atoms with E-state index in [1.54, 1.807) is 0 Å². The van der Waals surface area contributed by atoms with Gasteiger partial charge in [0.25, 0.3) is 0 Å². The maximum atomic E-state index is 6.22. The molecule has 0 aromatic carbocycles. The van der Waals surface area contributed by atoms with Crippen LogP contribution in [0.1, 0.15) is 119 Å². The van der Waals surface area contributed by atoms with Crippen molar-refractivity contribution in [2.24, 2.45) is 0 Å². The Balaban J connectivity index is 0. The van der Waals surface area contributed by atoms with Gasteiger partial charge in [-0.15, -0.1) is 0 Å². The lowest BCUT2D eigenvalue weighted by molar-refractivity contribution is -0.927. The molecule has 0 atom stereocenters. The zero-order valence-electron chi connectivity index (χ0n) is 22.7. The van der Waals surface area contributed by atoms with Crippen LogP contribution in [0.25, 0.3) is 0 Å². The quantitative estimate of drug-likeness (QED) is 0.111. The molecule has 0 unspecified atom stereocenters. The van der Waals surface area contributed by atoms with E-state index in [0.29, 0.717) is 19.8 Å². The molecule has 196 valence electrons. The van der Waals surface area contributed by atoms with E-state index in [1.807, 2.05) is 0 Å². The van der Waals surface area contributed by atoms with E-state index >= 15 is 0 Å². The van der Waals surface area contributed by atoms with Crippen molar-refractivity contribution < 1.29 is 30.2 Å². The van der Waals surface area contributed by atoms with Crippen molar-refractivity contribution in [1.82, 2.24) is 0 Å². The summed E-state index contributed by atoms with van der Waals surface area (Å²) >= 11 is 0. The first kappa shape index (κ1) is 34.5. The summed E-state index contributed by atoms with van der Waals surface area (Å²) in [4.78, 5) is 0. The molecule has 0 aliphatic rings. The van der Waals surface area contributed by atoms with Gasteiger partial charge in [0.15, 0.2) is 0 Å². The van der Waals surface area contributed by atoms with Gasteiger partial charge < -0.3 is 30.2 Å². The van der Waals surface area contributed by atoms with Crippen LogP contribution < -0.4 is 12.4 Å². The molecule has 0 aromatic rings. The number of nitrogens with zero attached hydrogens (tertiary/aromatic N) is 1. The van der Waals surface area contributed by atoms with E-state index in [1.165, 1.54) is 101 Å². The summed E-state index contributed by atoms with van der Waals surface area (Å²) in [6.45, 7) is 20.3. The van der Waals surface area contributed by atoms with Crippen LogP contribution in [0.15, 0.2) is 0 Å². The summed E-state index contributed by atoms with van der Waals surface area (Å²) in [5, 5.41) is 0. The number of halogens is 1. The van der Waals surface area contributed by atoms with Gasteiger partial charge >= 0.3 is 8.80 Å². The molecular weight excluding hydrogens is 438 g/mol. The van der Waals surface area contributed by atoms with Crippen molar-refractivity contribution >= 4 is 8.80 Å². The summed E-state index contributed by atoms with van der Waals surface area (Å²) < 4.78 is 19.9. The summed E-state index contributed by atoms with van der Waals surface area (Å²) in [6, 6.07) is 0.956. The largest absolute Gasteiger partial charge is 1.00 e. The number of quaternary nitrogens is 1. The van der Waals surface area contributed by atoms with Crippen LogP contribution in [0.5, 0.6) is 0 Å². The fourth-order valence-corrected chi connectivity index (χ4v) is 7.42. The molecule has 0 fully saturated rings. The van der Waals surface area contributed by atoms with Gasteiger partial charge in [0.1, 0.15) is 0 Å². The summed E-state index contributed by atoms with van der Waals surface area (Å²) in [6.07, 6.45) is 16.2. The highest BCUT2D eigenvalue weighted by Gasteiger charge is 2.43. The van der Waals surface area contributed by atoms with Crippen molar-refractivity contribution in [2.45, 2.75) is 125 Å². The second-order valence-electron chi connectivity index (χ2n) is 9.15. The van der Waals surface area contributed by atoms with Gasteiger partial charge in [-0.1, -0.05) is 59.3 Å². The average molecular weight is 496 g/mol. The third kappa shape index (κ3) is 16.1. The average Bonchev–Trinajstić information content (AvgIpc) is 2.76. The Kier molecular flexibility index (Phi) is 24.9. The second kappa shape index (κ2) is 23.1. The molecule has 32 heavy (non-hydrogen) atoms. The van der Waals surface area contributed by atoms with Gasteiger partial charge in [-0.2, -0.15) is 0 Å². The summed E-state index contributed by atoms with van der Waals surface area (Å²) in [5.74, 6) is 0. The third-order valence-corrected chi connectivity index (χ3v) is 9.46. The lowest BCUT2D eigenvalue weighted by atomic mass is 10.1. The van der Waals surface area contributed by atoms with Crippen molar-refractivity contribution in [2.75, 3.05) is 46.0 Å². The van der Waals surface area contributed by atoms with E-state index in [9.17, 15) is 0 Å². The molecule has 0 radical (unpaired) electrons. The van der Waals surface area contributed by atoms with Crippen LogP contribution in [-0.4, -0.2) is 59.3 Å². The third-order valence-electron chi connectivity index (χ3n) is 6.44. The van der Waals surface area contributed by atoms with E-state index in [2.05, 4.69) is 41.5 Å². The maximum Gasteiger partial charge on any atom is 0.506 e. The molecule has 0 saturated carbocycles. The van der Waals surface area contributed by atoms with E-state index in [4.69, 9.17) is 13.3 Å². The zero-order chi connectivity index (χ0) is 23.3. The monoisotopic (exact) mass is 495 g/mol. The maximum absolute atomic E-state index is 6.22. The van der Waals surface area contributed by atoms with E-state index in [0.717, 1.165) is 12.6 Å². The van der Waals surface area contributed by atoms with Gasteiger partial charge in [-0.25, -0.2) is 0 Å². The minimum absolute atomic E-state index is 0. The summed E-state index contributed by atoms with van der Waals surface area (Å²) in [5.41, 5.74) is 0. The SMILES string of the molecule is CCCCCC[N+](CCCCCC)(CCCCCC)CC[Si](OCC)(OCC)OCC.[Cl-]. The van der Waals surface area contributed by atoms with Crippen LogP contribution in [-0.2, 0) is 13.3 Å². The van der Waals surface area contributed by atoms with Crippen LogP contribution in [0, 0.1) is 0 Å². The normalized spacial score (nSPS) is 12.2. The predicted octanol–water partition coefficient (Wildman–Crippen LogP) is 4.60. The molecule has 0 aromatic heterocycles. The first-order chi connectivity index (χ1) is 15.1. The smallest absolute Gasteiger partial charge is 0.506 e. The molecular formula is C26H58ClNO3Si. The van der Waals surface area contributed by atoms with Gasteiger partial charge in [0, 0.05) is 19.8 Å². The molecule has 0 amide bonds. The molecule has 4 nitrogen and oxygen atoms in total. The Morgan fingerprint density at radius 3 is 1.09 bits per heavy atom. The van der Waals surface area contributed by atoms with Crippen molar-refractivity contribution in [1.29, 1.82) is 0 Å². The summed E-state index contributed by atoms with van der Waals surface area (Å²) in [7, 11) is -2.58. The van der Waals surface area contributed by atoms with Crippen LogP contribution >= 0.6 is 0 Å². The second-order valence-corrected chi connectivity index (χ2v) is 11.9. The van der Waals surface area contributed by atoms with Crippen LogP contribution in [0.4, 0.5) is 0 Å². The molecule has 0 spiro atoms. The fourth-order valence-electron chi connectivity index (χ4n) is 4.67. The molecule has 0 bridgehead atoms. The standard InChI is InChI=1S/C26H58NO3Si.ClH/c1-7-13-16-19-22-27(23-20-17-14-8-2,24-21-18-15-9-3)25-26-31(28-10-4,29-11-5)30-12-6;/h7-26H2,1-6H3;1H/q+1;/p-1. The fraction of sp³-hybridized carbons (Fsp3) is 1.00. The van der Waals surface area contributed by atoms with Crippen molar-refractivity contribution in [3.63, 3.8) is 0 Å². The Morgan fingerprint density at radius 1 is 0.469 bits per heavy atom. The highest BCUT2D eigenvalue weighted by molar-refractivity contribution is 6.60. The molecule has 0 aliphatic carbocycles. The van der Waals surface area contributed by atoms with Crippen LogP contribution in [0.2, 0.25) is 6.04 Å². The molecule has 0 rings (SSSR count). The lowest BCUT2D eigenvalue weighted by Crippen LogP contribution is -3.00. The number of hydrogen-bond acceptors (Lipinski definition) is 3. The molecule has 0 N–H and O–H groups in total. The Bertz CT molecular complexity index is 340. The topological polar surface area (TPSA) is 27.7 Å². The minimum Gasteiger partial charge on any atom is -1.00 e. The molecule has 6 heteroatoms. The molecule has 0 aliphatic heterocycles. The minimum atomic E-state index is -2.58. The van der Waals surface area contributed by atoms with Gasteiger partial charge in [-0.05, 0) is 59.3 Å². The van der Waals surface area contributed by atoms with Crippen LogP contribution in [0.3, 0.4) is 0 Å². The van der Waals surface area contributed by atoms with E-state index in [-0.39, 0.29) is 12.4 Å². The number of unbranched alkanes of at least 4 members (excludes halogenated alkanes) is 9. The molecule has 0 heterocycles. The number of hydrogen-bond donors (Lipinski definition) is 0. The first-order valence-electron chi connectivity index (χ1n) is 13.8. The Labute approximate surface area is 209 Å². The predicted molar refractivity (Wildman–Crippen MR) is 138 cm³/mol. The van der Waals surface area contributed by atoms with Crippen molar-refractivity contribution in [3.8, 4) is 0 Å². The van der Waals surface area contributed by atoms with E-state index < -0.39 is 8.80 Å². The first-order valence-corrected chi connectivity index (χ1v) is 15.8. The highest BCUT2D eigenvalue weighted by Crippen LogP contribution is 2.23. The number of rotatable bonds is 24. The van der Waals surface area contributed by atoms with Gasteiger partial charge in [0.05, 0.1) is 32.2 Å². The molecule has 0 saturated heterocycles. The van der Waals surface area contributed by atoms with Gasteiger partial charge in [-0.3, -0.25) is 0 Å². The lowest BCUT2D eigenvalue weighted by Gasteiger charge is -2.41.